The van der Waals surface area contributed by atoms with Crippen molar-refractivity contribution in [3.8, 4) is 5.69 Å². The molecule has 10 heteroatoms. The molecule has 1 atom stereocenters. The molecule has 1 unspecified atom stereocenters. The molecular formula is C26H25F3N4O2S. The van der Waals surface area contributed by atoms with Crippen molar-refractivity contribution in [2.45, 2.75) is 50.0 Å². The normalized spacial score (nSPS) is 16.7. The lowest BCUT2D eigenvalue weighted by Gasteiger charge is -2.35. The van der Waals surface area contributed by atoms with Gasteiger partial charge in [-0.1, -0.05) is 43.0 Å². The Bertz CT molecular complexity index is 1490. The largest absolute Gasteiger partial charge is 0.416 e. The predicted molar refractivity (Wildman–Crippen MR) is 135 cm³/mol. The van der Waals surface area contributed by atoms with Crippen molar-refractivity contribution in [2.75, 3.05) is 12.3 Å². The topological polar surface area (TPSA) is 71.0 Å². The van der Waals surface area contributed by atoms with E-state index in [4.69, 9.17) is 4.98 Å². The van der Waals surface area contributed by atoms with Gasteiger partial charge in [-0.2, -0.15) is 13.2 Å². The molecule has 0 spiro atoms. The SMILES string of the molecule is CCC1CCCCN1C(=O)CSc1nc2c([nH]c3ccccc32)c(=O)n1-c1cccc(C(F)(F)F)c1. The fourth-order valence-corrected chi connectivity index (χ4v) is 5.74. The van der Waals surface area contributed by atoms with Crippen LogP contribution in [-0.4, -0.2) is 43.7 Å². The van der Waals surface area contributed by atoms with Crippen LogP contribution in [0, 0.1) is 0 Å². The minimum absolute atomic E-state index is 0.0375. The number of thioether (sulfide) groups is 1. The Morgan fingerprint density at radius 3 is 2.75 bits per heavy atom. The van der Waals surface area contributed by atoms with Crippen molar-refractivity contribution in [3.05, 3.63) is 64.4 Å². The first-order chi connectivity index (χ1) is 17.3. The maximum absolute atomic E-state index is 13.6. The van der Waals surface area contributed by atoms with E-state index < -0.39 is 17.3 Å². The molecular weight excluding hydrogens is 489 g/mol. The zero-order chi connectivity index (χ0) is 25.4. The predicted octanol–water partition coefficient (Wildman–Crippen LogP) is 5.77. The summed E-state index contributed by atoms with van der Waals surface area (Å²) in [5.74, 6) is -0.0223. The number of carbonyl (C=O) groups is 1. The number of hydrogen-bond acceptors (Lipinski definition) is 4. The number of rotatable bonds is 5. The third-order valence-corrected chi connectivity index (χ3v) is 7.59. The summed E-state index contributed by atoms with van der Waals surface area (Å²) in [5.41, 5.74) is -0.0125. The number of amides is 1. The summed E-state index contributed by atoms with van der Waals surface area (Å²) in [6.45, 7) is 2.74. The van der Waals surface area contributed by atoms with Crippen LogP contribution < -0.4 is 5.56 Å². The Balaban J connectivity index is 1.61. The van der Waals surface area contributed by atoms with Crippen LogP contribution in [0.15, 0.2) is 58.5 Å². The molecule has 5 rings (SSSR count). The molecule has 188 valence electrons. The zero-order valence-electron chi connectivity index (χ0n) is 19.6. The van der Waals surface area contributed by atoms with Crippen molar-refractivity contribution in [1.29, 1.82) is 0 Å². The van der Waals surface area contributed by atoms with E-state index in [9.17, 15) is 22.8 Å². The summed E-state index contributed by atoms with van der Waals surface area (Å²) in [4.78, 5) is 36.4. The number of nitrogens with one attached hydrogen (secondary N) is 1. The Morgan fingerprint density at radius 2 is 1.97 bits per heavy atom. The Kier molecular flexibility index (Phi) is 6.55. The number of aromatic nitrogens is 3. The molecule has 36 heavy (non-hydrogen) atoms. The molecule has 0 aliphatic carbocycles. The van der Waals surface area contributed by atoms with Gasteiger partial charge in [-0.3, -0.25) is 14.2 Å². The van der Waals surface area contributed by atoms with Crippen molar-refractivity contribution >= 4 is 39.6 Å². The van der Waals surface area contributed by atoms with Crippen LogP contribution in [0.25, 0.3) is 27.6 Å². The first kappa shape index (κ1) is 24.4. The lowest BCUT2D eigenvalue weighted by atomic mass is 10.0. The van der Waals surface area contributed by atoms with Gasteiger partial charge in [0.1, 0.15) is 11.0 Å². The van der Waals surface area contributed by atoms with E-state index in [0.29, 0.717) is 17.6 Å². The highest BCUT2D eigenvalue weighted by Crippen LogP contribution is 2.32. The molecule has 6 nitrogen and oxygen atoms in total. The average molecular weight is 515 g/mol. The number of hydrogen-bond donors (Lipinski definition) is 1. The molecule has 3 heterocycles. The number of alkyl halides is 3. The minimum Gasteiger partial charge on any atom is -0.349 e. The van der Waals surface area contributed by atoms with Gasteiger partial charge in [0.25, 0.3) is 5.56 Å². The Hall–Kier alpha value is -3.27. The average Bonchev–Trinajstić information content (AvgIpc) is 3.26. The van der Waals surface area contributed by atoms with Crippen LogP contribution in [0.2, 0.25) is 0 Å². The third kappa shape index (κ3) is 4.50. The Morgan fingerprint density at radius 1 is 1.17 bits per heavy atom. The molecule has 1 amide bonds. The number of halogens is 3. The third-order valence-electron chi connectivity index (χ3n) is 6.67. The van der Waals surface area contributed by atoms with Gasteiger partial charge in [0.15, 0.2) is 5.16 Å². The summed E-state index contributed by atoms with van der Waals surface area (Å²) in [7, 11) is 0. The van der Waals surface area contributed by atoms with Crippen LogP contribution in [0.5, 0.6) is 0 Å². The summed E-state index contributed by atoms with van der Waals surface area (Å²) in [6.07, 6.45) is -0.706. The number of carbonyl (C=O) groups excluding carboxylic acids is 1. The number of piperidine rings is 1. The first-order valence-electron chi connectivity index (χ1n) is 11.9. The number of para-hydroxylation sites is 1. The van der Waals surface area contributed by atoms with Crippen LogP contribution >= 0.6 is 11.8 Å². The first-order valence-corrected chi connectivity index (χ1v) is 12.9. The minimum atomic E-state index is -4.56. The van der Waals surface area contributed by atoms with E-state index in [-0.39, 0.29) is 34.1 Å². The van der Waals surface area contributed by atoms with Crippen molar-refractivity contribution < 1.29 is 18.0 Å². The molecule has 4 aromatic rings. The van der Waals surface area contributed by atoms with E-state index in [1.807, 2.05) is 29.2 Å². The number of nitrogens with zero attached hydrogens (tertiary/aromatic N) is 3. The van der Waals surface area contributed by atoms with E-state index >= 15 is 0 Å². The van der Waals surface area contributed by atoms with Gasteiger partial charge >= 0.3 is 6.18 Å². The van der Waals surface area contributed by atoms with E-state index in [2.05, 4.69) is 11.9 Å². The monoisotopic (exact) mass is 514 g/mol. The second-order valence-corrected chi connectivity index (χ2v) is 9.85. The molecule has 2 aromatic heterocycles. The van der Waals surface area contributed by atoms with Gasteiger partial charge in [0.2, 0.25) is 5.91 Å². The zero-order valence-corrected chi connectivity index (χ0v) is 20.5. The molecule has 1 aliphatic heterocycles. The van der Waals surface area contributed by atoms with Crippen LogP contribution in [0.4, 0.5) is 13.2 Å². The highest BCUT2D eigenvalue weighted by molar-refractivity contribution is 7.99. The molecule has 0 bridgehead atoms. The number of likely N-dealkylation sites (tertiary alicyclic amines) is 1. The smallest absolute Gasteiger partial charge is 0.349 e. The Labute approximate surface area is 209 Å². The summed E-state index contributed by atoms with van der Waals surface area (Å²) >= 11 is 1.08. The summed E-state index contributed by atoms with van der Waals surface area (Å²) < 4.78 is 41.5. The van der Waals surface area contributed by atoms with Gasteiger partial charge < -0.3 is 9.88 Å². The van der Waals surface area contributed by atoms with Gasteiger partial charge in [-0.25, -0.2) is 4.98 Å². The second kappa shape index (κ2) is 9.65. The van der Waals surface area contributed by atoms with Crippen molar-refractivity contribution in [1.82, 2.24) is 19.4 Å². The van der Waals surface area contributed by atoms with Gasteiger partial charge in [0, 0.05) is 23.5 Å². The fourth-order valence-electron chi connectivity index (χ4n) is 4.85. The molecule has 2 aromatic carbocycles. The number of aromatic amines is 1. The van der Waals surface area contributed by atoms with E-state index in [1.54, 1.807) is 0 Å². The number of H-pyrrole nitrogens is 1. The highest BCUT2D eigenvalue weighted by Gasteiger charge is 2.31. The van der Waals surface area contributed by atoms with Crippen LogP contribution in [0.1, 0.15) is 38.2 Å². The van der Waals surface area contributed by atoms with Crippen LogP contribution in [0.3, 0.4) is 0 Å². The quantitative estimate of drug-likeness (QED) is 0.271. The van der Waals surface area contributed by atoms with Crippen molar-refractivity contribution in [3.63, 3.8) is 0 Å². The summed E-state index contributed by atoms with van der Waals surface area (Å²) in [6, 6.07) is 12.1. The lowest BCUT2D eigenvalue weighted by molar-refractivity contribution is -0.137. The number of fused-ring (bicyclic) bond motifs is 3. The number of benzene rings is 2. The standard InChI is InChI=1S/C26H25F3N4O2S/c1-2-17-9-5-6-13-32(17)21(34)15-36-25-31-22-19-11-3-4-12-20(19)30-23(22)24(35)33(25)18-10-7-8-16(14-18)26(27,28)29/h3-4,7-8,10-12,14,17,30H,2,5-6,9,13,15H2,1H3. The van der Waals surface area contributed by atoms with E-state index in [1.165, 1.54) is 16.7 Å². The highest BCUT2D eigenvalue weighted by atomic mass is 32.2. The molecule has 0 radical (unpaired) electrons. The second-order valence-electron chi connectivity index (χ2n) is 8.91. The van der Waals surface area contributed by atoms with Crippen LogP contribution in [-0.2, 0) is 11.0 Å². The van der Waals surface area contributed by atoms with Gasteiger partial charge in [-0.05, 0) is 49.9 Å². The van der Waals surface area contributed by atoms with Gasteiger partial charge in [-0.15, -0.1) is 0 Å². The molecule has 1 N–H and O–H groups in total. The molecule has 1 fully saturated rings. The van der Waals surface area contributed by atoms with Gasteiger partial charge in [0.05, 0.1) is 17.0 Å². The molecule has 0 saturated carbocycles. The van der Waals surface area contributed by atoms with E-state index in [0.717, 1.165) is 55.0 Å². The molecule has 1 saturated heterocycles. The fraction of sp³-hybridized carbons (Fsp3) is 0.346. The maximum Gasteiger partial charge on any atom is 0.416 e. The lowest BCUT2D eigenvalue weighted by Crippen LogP contribution is -2.44. The summed E-state index contributed by atoms with van der Waals surface area (Å²) in [5, 5.41) is 0.908. The maximum atomic E-state index is 13.6. The van der Waals surface area contributed by atoms with Crippen molar-refractivity contribution in [2.24, 2.45) is 0 Å². The molecule has 1 aliphatic rings.